The van der Waals surface area contributed by atoms with Crippen molar-refractivity contribution in [2.45, 2.75) is 13.3 Å². The monoisotopic (exact) mass is 314 g/mol. The molecule has 2 heterocycles. The highest BCUT2D eigenvalue weighted by molar-refractivity contribution is 5.89. The second kappa shape index (κ2) is 7.15. The van der Waals surface area contributed by atoms with Crippen molar-refractivity contribution < 1.29 is 4.79 Å². The molecule has 1 aromatic carbocycles. The summed E-state index contributed by atoms with van der Waals surface area (Å²) in [6.45, 7) is 8.15. The third kappa shape index (κ3) is 4.12. The average Bonchev–Trinajstić information content (AvgIpc) is 2.91. The van der Waals surface area contributed by atoms with Gasteiger partial charge in [-0.1, -0.05) is 12.1 Å². The summed E-state index contributed by atoms with van der Waals surface area (Å²) < 4.78 is 0. The van der Waals surface area contributed by atoms with Crippen molar-refractivity contribution in [3.63, 3.8) is 0 Å². The van der Waals surface area contributed by atoms with Crippen LogP contribution >= 0.6 is 0 Å². The van der Waals surface area contributed by atoms with Crippen molar-refractivity contribution >= 4 is 16.8 Å². The predicted molar refractivity (Wildman–Crippen MR) is 93.7 cm³/mol. The maximum Gasteiger partial charge on any atom is 0.224 e. The third-order valence-electron chi connectivity index (χ3n) is 4.62. The van der Waals surface area contributed by atoms with Gasteiger partial charge in [0.15, 0.2) is 0 Å². The van der Waals surface area contributed by atoms with E-state index in [1.165, 1.54) is 5.56 Å². The minimum absolute atomic E-state index is 0.0978. The van der Waals surface area contributed by atoms with Gasteiger partial charge < -0.3 is 15.2 Å². The Kier molecular flexibility index (Phi) is 4.98. The normalized spacial score (nSPS) is 16.8. The molecule has 2 aromatic rings. The van der Waals surface area contributed by atoms with Crippen LogP contribution in [0.15, 0.2) is 24.4 Å². The van der Waals surface area contributed by atoms with Crippen LogP contribution in [0.2, 0.25) is 0 Å². The molecule has 0 aliphatic carbocycles. The van der Waals surface area contributed by atoms with Crippen LogP contribution in [0.4, 0.5) is 0 Å². The van der Waals surface area contributed by atoms with Gasteiger partial charge >= 0.3 is 0 Å². The number of nitrogens with zero attached hydrogens (tertiary/aromatic N) is 2. The third-order valence-corrected chi connectivity index (χ3v) is 4.62. The molecule has 124 valence electrons. The van der Waals surface area contributed by atoms with Crippen LogP contribution in [-0.2, 0) is 11.2 Å². The first kappa shape index (κ1) is 16.0. The first-order valence-electron chi connectivity index (χ1n) is 8.36. The van der Waals surface area contributed by atoms with Crippen molar-refractivity contribution in [2.75, 3.05) is 46.3 Å². The van der Waals surface area contributed by atoms with Crippen molar-refractivity contribution in [2.24, 2.45) is 0 Å². The minimum Gasteiger partial charge on any atom is -0.361 e. The number of fused-ring (bicyclic) bond motifs is 1. The molecule has 0 spiro atoms. The standard InChI is InChI=1S/C18H26N4O/c1-14-3-4-16-15(13-20-17(16)11-14)12-18(23)19-5-6-22-9-7-21(2)8-10-22/h3-4,11,13,20H,5-10,12H2,1-2H3,(H,19,23). The van der Waals surface area contributed by atoms with Crippen LogP contribution in [-0.4, -0.2) is 67.0 Å². The number of rotatable bonds is 5. The summed E-state index contributed by atoms with van der Waals surface area (Å²) in [5, 5.41) is 4.19. The molecule has 1 saturated heterocycles. The molecule has 3 rings (SSSR count). The number of amides is 1. The van der Waals surface area contributed by atoms with Gasteiger partial charge in [-0.25, -0.2) is 0 Å². The molecule has 23 heavy (non-hydrogen) atoms. The number of nitrogens with one attached hydrogen (secondary N) is 2. The Bertz CT molecular complexity index is 671. The van der Waals surface area contributed by atoms with Crippen molar-refractivity contribution in [3.05, 3.63) is 35.5 Å². The van der Waals surface area contributed by atoms with E-state index in [2.05, 4.69) is 52.3 Å². The van der Waals surface area contributed by atoms with Gasteiger partial charge in [-0.2, -0.15) is 0 Å². The molecule has 0 radical (unpaired) electrons. The van der Waals surface area contributed by atoms with E-state index in [1.54, 1.807) is 0 Å². The van der Waals surface area contributed by atoms with E-state index in [4.69, 9.17) is 0 Å². The van der Waals surface area contributed by atoms with Crippen LogP contribution in [0.25, 0.3) is 10.9 Å². The van der Waals surface area contributed by atoms with Crippen molar-refractivity contribution in [1.82, 2.24) is 20.1 Å². The fourth-order valence-electron chi connectivity index (χ4n) is 3.11. The van der Waals surface area contributed by atoms with E-state index in [9.17, 15) is 4.79 Å². The molecule has 1 aliphatic rings. The summed E-state index contributed by atoms with van der Waals surface area (Å²) in [6, 6.07) is 6.29. The minimum atomic E-state index is 0.0978. The van der Waals surface area contributed by atoms with Gasteiger partial charge in [0.05, 0.1) is 6.42 Å². The lowest BCUT2D eigenvalue weighted by Crippen LogP contribution is -2.47. The number of H-pyrrole nitrogens is 1. The van der Waals surface area contributed by atoms with E-state index in [0.717, 1.165) is 55.7 Å². The fraction of sp³-hybridized carbons (Fsp3) is 0.500. The molecule has 0 bridgehead atoms. The van der Waals surface area contributed by atoms with Crippen molar-refractivity contribution in [1.29, 1.82) is 0 Å². The molecular weight excluding hydrogens is 288 g/mol. The molecule has 5 heteroatoms. The van der Waals surface area contributed by atoms with Crippen molar-refractivity contribution in [3.8, 4) is 0 Å². The Labute approximate surface area is 137 Å². The quantitative estimate of drug-likeness (QED) is 0.877. The van der Waals surface area contributed by atoms with E-state index >= 15 is 0 Å². The van der Waals surface area contributed by atoms with Gasteiger partial charge in [-0.15, -0.1) is 0 Å². The highest BCUT2D eigenvalue weighted by atomic mass is 16.1. The number of likely N-dealkylation sites (N-methyl/N-ethyl adjacent to an activating group) is 1. The average molecular weight is 314 g/mol. The van der Waals surface area contributed by atoms with E-state index < -0.39 is 0 Å². The zero-order valence-corrected chi connectivity index (χ0v) is 14.1. The van der Waals surface area contributed by atoms with Crippen LogP contribution in [0.1, 0.15) is 11.1 Å². The summed E-state index contributed by atoms with van der Waals surface area (Å²) in [6.07, 6.45) is 2.38. The van der Waals surface area contributed by atoms with E-state index in [0.29, 0.717) is 6.42 Å². The number of carbonyl (C=O) groups is 1. The van der Waals surface area contributed by atoms with Crippen LogP contribution in [0.5, 0.6) is 0 Å². The van der Waals surface area contributed by atoms with E-state index in [1.807, 2.05) is 6.20 Å². The SMILES string of the molecule is Cc1ccc2c(CC(=O)NCCN3CCN(C)CC3)c[nH]c2c1. The summed E-state index contributed by atoms with van der Waals surface area (Å²) in [4.78, 5) is 20.2. The molecule has 2 N–H and O–H groups in total. The summed E-state index contributed by atoms with van der Waals surface area (Å²) in [7, 11) is 2.15. The maximum atomic E-state index is 12.2. The summed E-state index contributed by atoms with van der Waals surface area (Å²) >= 11 is 0. The molecule has 0 saturated carbocycles. The number of aromatic amines is 1. The molecular formula is C18H26N4O. The Morgan fingerprint density at radius 3 is 2.83 bits per heavy atom. The van der Waals surface area contributed by atoms with Gasteiger partial charge in [0, 0.05) is 56.4 Å². The van der Waals surface area contributed by atoms with Gasteiger partial charge in [0.25, 0.3) is 0 Å². The maximum absolute atomic E-state index is 12.2. The number of hydrogen-bond acceptors (Lipinski definition) is 3. The van der Waals surface area contributed by atoms with Gasteiger partial charge in [-0.05, 0) is 31.2 Å². The molecule has 0 atom stereocenters. The Morgan fingerprint density at radius 1 is 1.26 bits per heavy atom. The van der Waals surface area contributed by atoms with Crippen LogP contribution in [0, 0.1) is 6.92 Å². The van der Waals surface area contributed by atoms with Gasteiger partial charge in [-0.3, -0.25) is 9.69 Å². The number of benzene rings is 1. The highest BCUT2D eigenvalue weighted by Gasteiger charge is 2.14. The summed E-state index contributed by atoms with van der Waals surface area (Å²) in [5.41, 5.74) is 3.39. The first-order valence-corrected chi connectivity index (χ1v) is 8.36. The van der Waals surface area contributed by atoms with Gasteiger partial charge in [0.1, 0.15) is 0 Å². The second-order valence-corrected chi connectivity index (χ2v) is 6.53. The zero-order chi connectivity index (χ0) is 16.2. The second-order valence-electron chi connectivity index (χ2n) is 6.53. The summed E-state index contributed by atoms with van der Waals surface area (Å²) in [5.74, 6) is 0.0978. The number of hydrogen-bond donors (Lipinski definition) is 2. The van der Waals surface area contributed by atoms with E-state index in [-0.39, 0.29) is 5.91 Å². The number of aryl methyl sites for hydroxylation is 1. The number of aromatic nitrogens is 1. The molecule has 1 amide bonds. The Hall–Kier alpha value is -1.85. The first-order chi connectivity index (χ1) is 11.1. The molecule has 1 aliphatic heterocycles. The molecule has 0 unspecified atom stereocenters. The van der Waals surface area contributed by atoms with Gasteiger partial charge in [0.2, 0.25) is 5.91 Å². The fourth-order valence-corrected chi connectivity index (χ4v) is 3.11. The topological polar surface area (TPSA) is 51.4 Å². The molecule has 1 aromatic heterocycles. The zero-order valence-electron chi connectivity index (χ0n) is 14.1. The molecule has 5 nitrogen and oxygen atoms in total. The highest BCUT2D eigenvalue weighted by Crippen LogP contribution is 2.19. The largest absolute Gasteiger partial charge is 0.361 e. The number of piperazine rings is 1. The van der Waals surface area contributed by atoms with Crippen LogP contribution < -0.4 is 5.32 Å². The number of carbonyl (C=O) groups excluding carboxylic acids is 1. The lowest BCUT2D eigenvalue weighted by molar-refractivity contribution is -0.120. The Balaban J connectivity index is 1.47. The lowest BCUT2D eigenvalue weighted by atomic mass is 10.1. The Morgan fingerprint density at radius 2 is 2.04 bits per heavy atom. The molecule has 1 fully saturated rings. The van der Waals surface area contributed by atoms with Crippen LogP contribution in [0.3, 0.4) is 0 Å². The predicted octanol–water partition coefficient (Wildman–Crippen LogP) is 1.38. The smallest absolute Gasteiger partial charge is 0.224 e. The lowest BCUT2D eigenvalue weighted by Gasteiger charge is -2.32.